The van der Waals surface area contributed by atoms with Crippen LogP contribution in [0.25, 0.3) is 0 Å². The Hall–Kier alpha value is -1.02. The number of rotatable bonds is 4. The van der Waals surface area contributed by atoms with Gasteiger partial charge in [-0.3, -0.25) is 0 Å². The van der Waals surface area contributed by atoms with E-state index in [1.165, 1.54) is 0 Å². The quantitative estimate of drug-likeness (QED) is 0.824. The van der Waals surface area contributed by atoms with Crippen LogP contribution in [-0.4, -0.2) is 11.2 Å². The van der Waals surface area contributed by atoms with Crippen LogP contribution >= 0.6 is 0 Å². The molecule has 0 heterocycles. The van der Waals surface area contributed by atoms with Crippen LogP contribution in [0.4, 0.5) is 0 Å². The first-order valence-electron chi connectivity index (χ1n) is 5.45. The predicted octanol–water partition coefficient (Wildman–Crippen LogP) is 3.09. The van der Waals surface area contributed by atoms with Gasteiger partial charge in [0.25, 0.3) is 0 Å². The van der Waals surface area contributed by atoms with E-state index in [0.29, 0.717) is 6.42 Å². The summed E-state index contributed by atoms with van der Waals surface area (Å²) in [4.78, 5) is 0. The van der Waals surface area contributed by atoms with Crippen LogP contribution < -0.4 is 4.74 Å². The smallest absolute Gasteiger partial charge is 0.120 e. The Bertz CT molecular complexity index is 316. The van der Waals surface area contributed by atoms with Crippen LogP contribution in [-0.2, 0) is 5.60 Å². The molecule has 0 fully saturated rings. The van der Waals surface area contributed by atoms with Gasteiger partial charge in [0, 0.05) is 0 Å². The Morgan fingerprint density at radius 3 is 2.60 bits per heavy atom. The van der Waals surface area contributed by atoms with Crippen molar-refractivity contribution in [2.75, 3.05) is 0 Å². The minimum absolute atomic E-state index is 0.159. The first-order valence-corrected chi connectivity index (χ1v) is 5.45. The highest BCUT2D eigenvalue weighted by atomic mass is 16.5. The molecule has 84 valence electrons. The van der Waals surface area contributed by atoms with Gasteiger partial charge in [-0.05, 0) is 44.9 Å². The van der Waals surface area contributed by atoms with Crippen molar-refractivity contribution in [3.05, 3.63) is 29.8 Å². The second-order valence-electron chi connectivity index (χ2n) is 4.32. The summed E-state index contributed by atoms with van der Waals surface area (Å²) in [5.41, 5.74) is 0.138. The van der Waals surface area contributed by atoms with E-state index >= 15 is 0 Å². The van der Waals surface area contributed by atoms with Crippen molar-refractivity contribution in [1.29, 1.82) is 0 Å². The SMILES string of the molecule is CC[C@](C)(O)c1cccc(OC(C)C)c1. The molecule has 1 aromatic carbocycles. The summed E-state index contributed by atoms with van der Waals surface area (Å²) < 4.78 is 5.58. The lowest BCUT2D eigenvalue weighted by Crippen LogP contribution is -2.19. The van der Waals surface area contributed by atoms with Gasteiger partial charge in [-0.1, -0.05) is 19.1 Å². The molecular weight excluding hydrogens is 188 g/mol. The standard InChI is InChI=1S/C13H20O2/c1-5-13(4,14)11-7-6-8-12(9-11)15-10(2)3/h6-10,14H,5H2,1-4H3/t13-/m0/s1. The van der Waals surface area contributed by atoms with Gasteiger partial charge in [0.15, 0.2) is 0 Å². The van der Waals surface area contributed by atoms with Crippen molar-refractivity contribution in [2.24, 2.45) is 0 Å². The van der Waals surface area contributed by atoms with Gasteiger partial charge >= 0.3 is 0 Å². The molecule has 0 aromatic heterocycles. The molecule has 2 heteroatoms. The molecule has 0 aliphatic heterocycles. The highest BCUT2D eigenvalue weighted by Gasteiger charge is 2.20. The molecule has 0 spiro atoms. The molecule has 0 saturated carbocycles. The van der Waals surface area contributed by atoms with E-state index < -0.39 is 5.60 Å². The summed E-state index contributed by atoms with van der Waals surface area (Å²) in [5.74, 6) is 0.816. The number of aliphatic hydroxyl groups is 1. The zero-order valence-electron chi connectivity index (χ0n) is 9.95. The maximum Gasteiger partial charge on any atom is 0.120 e. The Balaban J connectivity index is 2.92. The number of hydrogen-bond acceptors (Lipinski definition) is 2. The van der Waals surface area contributed by atoms with Crippen molar-refractivity contribution in [1.82, 2.24) is 0 Å². The first-order chi connectivity index (χ1) is 6.95. The van der Waals surface area contributed by atoms with Gasteiger partial charge in [-0.15, -0.1) is 0 Å². The summed E-state index contributed by atoms with van der Waals surface area (Å²) in [5, 5.41) is 10.1. The van der Waals surface area contributed by atoms with E-state index in [0.717, 1.165) is 11.3 Å². The second kappa shape index (κ2) is 4.67. The van der Waals surface area contributed by atoms with E-state index in [4.69, 9.17) is 4.74 Å². The summed E-state index contributed by atoms with van der Waals surface area (Å²) in [6, 6.07) is 7.66. The fraction of sp³-hybridized carbons (Fsp3) is 0.538. The molecule has 1 N–H and O–H groups in total. The molecular formula is C13H20O2. The van der Waals surface area contributed by atoms with Crippen molar-refractivity contribution >= 4 is 0 Å². The summed E-state index contributed by atoms with van der Waals surface area (Å²) >= 11 is 0. The van der Waals surface area contributed by atoms with Gasteiger partial charge in [0.2, 0.25) is 0 Å². The van der Waals surface area contributed by atoms with E-state index in [-0.39, 0.29) is 6.10 Å². The zero-order chi connectivity index (χ0) is 11.5. The average molecular weight is 208 g/mol. The van der Waals surface area contributed by atoms with Gasteiger partial charge in [-0.25, -0.2) is 0 Å². The van der Waals surface area contributed by atoms with Crippen LogP contribution in [0.5, 0.6) is 5.75 Å². The molecule has 0 bridgehead atoms. The fourth-order valence-electron chi connectivity index (χ4n) is 1.38. The number of benzene rings is 1. The van der Waals surface area contributed by atoms with E-state index in [1.807, 2.05) is 52.0 Å². The molecule has 0 saturated heterocycles. The normalized spacial score (nSPS) is 15.1. The van der Waals surface area contributed by atoms with Crippen molar-refractivity contribution in [3.8, 4) is 5.75 Å². The van der Waals surface area contributed by atoms with Crippen LogP contribution in [0, 0.1) is 0 Å². The van der Waals surface area contributed by atoms with Gasteiger partial charge in [-0.2, -0.15) is 0 Å². The average Bonchev–Trinajstić information content (AvgIpc) is 2.17. The molecule has 0 radical (unpaired) electrons. The van der Waals surface area contributed by atoms with Crippen LogP contribution in [0.15, 0.2) is 24.3 Å². The Kier molecular flexibility index (Phi) is 3.75. The van der Waals surface area contributed by atoms with Gasteiger partial charge < -0.3 is 9.84 Å². The van der Waals surface area contributed by atoms with Crippen LogP contribution in [0.1, 0.15) is 39.7 Å². The van der Waals surface area contributed by atoms with Crippen LogP contribution in [0.2, 0.25) is 0 Å². The van der Waals surface area contributed by atoms with Crippen LogP contribution in [0.3, 0.4) is 0 Å². The lowest BCUT2D eigenvalue weighted by molar-refractivity contribution is 0.0527. The lowest BCUT2D eigenvalue weighted by atomic mass is 9.93. The highest BCUT2D eigenvalue weighted by molar-refractivity contribution is 5.32. The largest absolute Gasteiger partial charge is 0.491 e. The monoisotopic (exact) mass is 208 g/mol. The molecule has 0 amide bonds. The minimum atomic E-state index is -0.768. The Morgan fingerprint density at radius 1 is 1.40 bits per heavy atom. The fourth-order valence-corrected chi connectivity index (χ4v) is 1.38. The van der Waals surface area contributed by atoms with E-state index in [1.54, 1.807) is 0 Å². The van der Waals surface area contributed by atoms with Gasteiger partial charge in [0.1, 0.15) is 5.75 Å². The molecule has 2 nitrogen and oxygen atoms in total. The maximum absolute atomic E-state index is 10.1. The number of hydrogen-bond donors (Lipinski definition) is 1. The number of ether oxygens (including phenoxy) is 1. The molecule has 1 rings (SSSR count). The third-order valence-corrected chi connectivity index (χ3v) is 2.52. The topological polar surface area (TPSA) is 29.5 Å². The summed E-state index contributed by atoms with van der Waals surface area (Å²) in [7, 11) is 0. The molecule has 1 atom stereocenters. The second-order valence-corrected chi connectivity index (χ2v) is 4.32. The van der Waals surface area contributed by atoms with Gasteiger partial charge in [0.05, 0.1) is 11.7 Å². The Morgan fingerprint density at radius 2 is 2.07 bits per heavy atom. The third kappa shape index (κ3) is 3.24. The highest BCUT2D eigenvalue weighted by Crippen LogP contribution is 2.27. The third-order valence-electron chi connectivity index (χ3n) is 2.52. The molecule has 15 heavy (non-hydrogen) atoms. The molecule has 0 aliphatic rings. The maximum atomic E-state index is 10.1. The molecule has 1 aromatic rings. The zero-order valence-corrected chi connectivity index (χ0v) is 9.95. The lowest BCUT2D eigenvalue weighted by Gasteiger charge is -2.22. The predicted molar refractivity (Wildman–Crippen MR) is 62.1 cm³/mol. The molecule has 0 unspecified atom stereocenters. The van der Waals surface area contributed by atoms with Crippen molar-refractivity contribution in [3.63, 3.8) is 0 Å². The van der Waals surface area contributed by atoms with Crippen molar-refractivity contribution < 1.29 is 9.84 Å². The van der Waals surface area contributed by atoms with E-state index in [9.17, 15) is 5.11 Å². The first kappa shape index (κ1) is 12.1. The van der Waals surface area contributed by atoms with E-state index in [2.05, 4.69) is 0 Å². The summed E-state index contributed by atoms with van der Waals surface area (Å²) in [6.45, 7) is 7.77. The van der Waals surface area contributed by atoms with Crippen molar-refractivity contribution in [2.45, 2.75) is 45.8 Å². The summed E-state index contributed by atoms with van der Waals surface area (Å²) in [6.07, 6.45) is 0.852. The minimum Gasteiger partial charge on any atom is -0.491 e. The molecule has 0 aliphatic carbocycles. The Labute approximate surface area is 91.9 Å².